The molecule has 1 aromatic carbocycles. The lowest BCUT2D eigenvalue weighted by Gasteiger charge is -2.10. The van der Waals surface area contributed by atoms with E-state index in [1.807, 2.05) is 24.4 Å². The molecule has 1 aromatic heterocycles. The number of nitrogens with two attached hydrogens (primary N) is 1. The van der Waals surface area contributed by atoms with Crippen LogP contribution in [0.4, 0.5) is 11.4 Å². The van der Waals surface area contributed by atoms with Gasteiger partial charge in [0.2, 0.25) is 0 Å². The Bertz CT molecular complexity index is 550. The van der Waals surface area contributed by atoms with Crippen LogP contribution in [0.25, 0.3) is 10.8 Å². The molecule has 0 spiro atoms. The molecular formula is C14H17N3. The molecule has 2 atom stereocenters. The first-order chi connectivity index (χ1) is 8.25. The first-order valence-electron chi connectivity index (χ1n) is 6.12. The molecule has 1 fully saturated rings. The Morgan fingerprint density at radius 1 is 1.35 bits per heavy atom. The highest BCUT2D eigenvalue weighted by molar-refractivity contribution is 6.00. The lowest BCUT2D eigenvalue weighted by atomic mass is 10.1. The number of hydrogen-bond donors (Lipinski definition) is 2. The van der Waals surface area contributed by atoms with Crippen LogP contribution in [0.15, 0.2) is 30.6 Å². The number of nitrogen functional groups attached to an aromatic ring is 1. The zero-order valence-corrected chi connectivity index (χ0v) is 9.98. The predicted octanol–water partition coefficient (Wildman–Crippen LogP) is 2.88. The van der Waals surface area contributed by atoms with Gasteiger partial charge in [-0.15, -0.1) is 0 Å². The third-order valence-electron chi connectivity index (χ3n) is 3.68. The van der Waals surface area contributed by atoms with E-state index in [-0.39, 0.29) is 0 Å². The van der Waals surface area contributed by atoms with Crippen molar-refractivity contribution in [1.29, 1.82) is 0 Å². The number of rotatable bonds is 3. The molecule has 0 bridgehead atoms. The summed E-state index contributed by atoms with van der Waals surface area (Å²) in [5, 5.41) is 5.70. The molecule has 2 aromatic rings. The fraction of sp³-hybridized carbons (Fsp3) is 0.357. The van der Waals surface area contributed by atoms with Crippen molar-refractivity contribution >= 4 is 22.1 Å². The average molecular weight is 227 g/mol. The Morgan fingerprint density at radius 2 is 2.18 bits per heavy atom. The molecule has 1 saturated carbocycles. The molecule has 0 amide bonds. The van der Waals surface area contributed by atoms with Crippen molar-refractivity contribution < 1.29 is 0 Å². The quantitative estimate of drug-likeness (QED) is 0.793. The van der Waals surface area contributed by atoms with E-state index in [1.165, 1.54) is 6.42 Å². The molecule has 3 nitrogen and oxygen atoms in total. The Labute approximate surface area is 101 Å². The topological polar surface area (TPSA) is 50.9 Å². The molecule has 1 heterocycles. The number of nitrogens with zero attached hydrogens (tertiary/aromatic N) is 1. The van der Waals surface area contributed by atoms with Crippen molar-refractivity contribution in [3.63, 3.8) is 0 Å². The van der Waals surface area contributed by atoms with Crippen LogP contribution >= 0.6 is 0 Å². The number of benzene rings is 1. The van der Waals surface area contributed by atoms with Gasteiger partial charge in [0.25, 0.3) is 0 Å². The summed E-state index contributed by atoms with van der Waals surface area (Å²) in [6, 6.07) is 5.98. The van der Waals surface area contributed by atoms with Crippen molar-refractivity contribution in [2.45, 2.75) is 13.3 Å². The summed E-state index contributed by atoms with van der Waals surface area (Å²) in [5.41, 5.74) is 7.91. The molecule has 2 unspecified atom stereocenters. The van der Waals surface area contributed by atoms with Gasteiger partial charge in [-0.05, 0) is 36.5 Å². The molecule has 0 aliphatic heterocycles. The maximum atomic E-state index is 5.96. The Hall–Kier alpha value is -1.77. The number of pyridine rings is 1. The highest BCUT2D eigenvalue weighted by atomic mass is 14.9. The minimum atomic E-state index is 0.813. The van der Waals surface area contributed by atoms with E-state index in [0.29, 0.717) is 0 Å². The number of anilines is 2. The van der Waals surface area contributed by atoms with Crippen molar-refractivity contribution in [2.24, 2.45) is 11.8 Å². The summed E-state index contributed by atoms with van der Waals surface area (Å²) >= 11 is 0. The second kappa shape index (κ2) is 3.91. The van der Waals surface area contributed by atoms with Gasteiger partial charge in [0, 0.05) is 41.1 Å². The average Bonchev–Trinajstić information content (AvgIpc) is 3.05. The summed E-state index contributed by atoms with van der Waals surface area (Å²) < 4.78 is 0. The molecule has 1 aliphatic carbocycles. The van der Waals surface area contributed by atoms with Crippen molar-refractivity contribution in [1.82, 2.24) is 4.98 Å². The Morgan fingerprint density at radius 3 is 2.94 bits per heavy atom. The van der Waals surface area contributed by atoms with Gasteiger partial charge >= 0.3 is 0 Å². The molecule has 17 heavy (non-hydrogen) atoms. The van der Waals surface area contributed by atoms with Crippen LogP contribution in [0.1, 0.15) is 13.3 Å². The van der Waals surface area contributed by atoms with Crippen LogP contribution in [0, 0.1) is 11.8 Å². The number of nitrogens with one attached hydrogen (secondary N) is 1. The number of aromatic nitrogens is 1. The van der Waals surface area contributed by atoms with Crippen molar-refractivity contribution in [2.75, 3.05) is 17.6 Å². The summed E-state index contributed by atoms with van der Waals surface area (Å²) in [6.45, 7) is 3.35. The highest BCUT2D eigenvalue weighted by Crippen LogP contribution is 2.38. The second-order valence-electron chi connectivity index (χ2n) is 4.98. The highest BCUT2D eigenvalue weighted by Gasteiger charge is 2.31. The molecule has 1 aliphatic rings. The second-order valence-corrected chi connectivity index (χ2v) is 4.98. The lowest BCUT2D eigenvalue weighted by Crippen LogP contribution is -2.05. The van der Waals surface area contributed by atoms with Crippen molar-refractivity contribution in [3.05, 3.63) is 30.6 Å². The maximum Gasteiger partial charge on any atom is 0.0437 e. The molecule has 0 radical (unpaired) electrons. The molecule has 0 saturated heterocycles. The third-order valence-corrected chi connectivity index (χ3v) is 3.68. The molecular weight excluding hydrogens is 210 g/mol. The van der Waals surface area contributed by atoms with E-state index < -0.39 is 0 Å². The van der Waals surface area contributed by atoms with Crippen LogP contribution in [0.2, 0.25) is 0 Å². The van der Waals surface area contributed by atoms with Crippen molar-refractivity contribution in [3.8, 4) is 0 Å². The normalized spacial score (nSPS) is 22.6. The minimum Gasteiger partial charge on any atom is -0.398 e. The minimum absolute atomic E-state index is 0.813. The lowest BCUT2D eigenvalue weighted by molar-refractivity contribution is 0.788. The van der Waals surface area contributed by atoms with E-state index in [0.717, 1.165) is 40.5 Å². The van der Waals surface area contributed by atoms with Gasteiger partial charge in [-0.1, -0.05) is 6.92 Å². The summed E-state index contributed by atoms with van der Waals surface area (Å²) in [4.78, 5) is 4.18. The van der Waals surface area contributed by atoms with E-state index in [4.69, 9.17) is 5.73 Å². The first-order valence-corrected chi connectivity index (χ1v) is 6.12. The van der Waals surface area contributed by atoms with E-state index in [9.17, 15) is 0 Å². The van der Waals surface area contributed by atoms with Gasteiger partial charge in [-0.2, -0.15) is 0 Å². The first kappa shape index (κ1) is 10.4. The van der Waals surface area contributed by atoms with Gasteiger partial charge in [-0.25, -0.2) is 0 Å². The zero-order chi connectivity index (χ0) is 11.8. The SMILES string of the molecule is CC1CC1CNc1ccc(N)c2ccncc12. The Kier molecular flexibility index (Phi) is 2.39. The largest absolute Gasteiger partial charge is 0.398 e. The monoisotopic (exact) mass is 227 g/mol. The standard InChI is InChI=1S/C14H17N3/c1-9-6-10(9)7-17-14-3-2-13(15)11-4-5-16-8-12(11)14/h2-5,8-10,17H,6-7,15H2,1H3. The molecule has 3 N–H and O–H groups in total. The van der Waals surface area contributed by atoms with Crippen LogP contribution in [-0.4, -0.2) is 11.5 Å². The van der Waals surface area contributed by atoms with Gasteiger partial charge in [0.1, 0.15) is 0 Å². The van der Waals surface area contributed by atoms with Gasteiger partial charge in [0.05, 0.1) is 0 Å². The third kappa shape index (κ3) is 1.93. The fourth-order valence-corrected chi connectivity index (χ4v) is 2.29. The molecule has 3 rings (SSSR count). The smallest absolute Gasteiger partial charge is 0.0437 e. The van der Waals surface area contributed by atoms with Crippen LogP contribution < -0.4 is 11.1 Å². The zero-order valence-electron chi connectivity index (χ0n) is 9.98. The van der Waals surface area contributed by atoms with Gasteiger partial charge in [-0.3, -0.25) is 4.98 Å². The van der Waals surface area contributed by atoms with E-state index in [2.05, 4.69) is 17.2 Å². The molecule has 88 valence electrons. The maximum absolute atomic E-state index is 5.96. The summed E-state index contributed by atoms with van der Waals surface area (Å²) in [5.74, 6) is 1.71. The van der Waals surface area contributed by atoms with Crippen LogP contribution in [-0.2, 0) is 0 Å². The number of hydrogen-bond acceptors (Lipinski definition) is 3. The van der Waals surface area contributed by atoms with Gasteiger partial charge < -0.3 is 11.1 Å². The van der Waals surface area contributed by atoms with Crippen LogP contribution in [0.3, 0.4) is 0 Å². The van der Waals surface area contributed by atoms with Crippen LogP contribution in [0.5, 0.6) is 0 Å². The van der Waals surface area contributed by atoms with E-state index in [1.54, 1.807) is 6.20 Å². The summed E-state index contributed by atoms with van der Waals surface area (Å²) in [7, 11) is 0. The predicted molar refractivity (Wildman–Crippen MR) is 71.9 cm³/mol. The number of fused-ring (bicyclic) bond motifs is 1. The summed E-state index contributed by atoms with van der Waals surface area (Å²) in [6.07, 6.45) is 5.01. The Balaban J connectivity index is 1.90. The van der Waals surface area contributed by atoms with Gasteiger partial charge in [0.15, 0.2) is 0 Å². The molecule has 3 heteroatoms. The fourth-order valence-electron chi connectivity index (χ4n) is 2.29. The van der Waals surface area contributed by atoms with E-state index >= 15 is 0 Å².